The minimum absolute atomic E-state index is 0. The highest BCUT2D eigenvalue weighted by atomic mass is 127. The Kier molecular flexibility index (Phi) is 9.72. The first-order chi connectivity index (χ1) is 13.1. The van der Waals surface area contributed by atoms with Gasteiger partial charge in [0.05, 0.1) is 6.61 Å². The summed E-state index contributed by atoms with van der Waals surface area (Å²) in [6.45, 7) is 2.85. The molecule has 1 atom stereocenters. The van der Waals surface area contributed by atoms with Crippen molar-refractivity contribution in [3.8, 4) is 0 Å². The van der Waals surface area contributed by atoms with Gasteiger partial charge in [0.15, 0.2) is 11.7 Å². The molecule has 3 aliphatic rings. The fourth-order valence-corrected chi connectivity index (χ4v) is 3.76. The van der Waals surface area contributed by atoms with Crippen molar-refractivity contribution >= 4 is 35.8 Å². The van der Waals surface area contributed by atoms with Crippen LogP contribution >= 0.6 is 24.0 Å². The molecule has 0 radical (unpaired) electrons. The highest BCUT2D eigenvalue weighted by Gasteiger charge is 2.42. The Balaban J connectivity index is 0.00000280. The molecule has 0 bridgehead atoms. The number of halogens is 1. The highest BCUT2D eigenvalue weighted by Crippen LogP contribution is 2.37. The molecule has 9 heteroatoms. The lowest BCUT2D eigenvalue weighted by Crippen LogP contribution is -2.48. The number of hydrogen-bond acceptors (Lipinski definition) is 5. The van der Waals surface area contributed by atoms with Gasteiger partial charge in [0.1, 0.15) is 12.6 Å². The first-order valence-electron chi connectivity index (χ1n) is 10.2. The molecule has 1 amide bonds. The van der Waals surface area contributed by atoms with E-state index in [1.54, 1.807) is 19.0 Å². The first kappa shape index (κ1) is 23.6. The summed E-state index contributed by atoms with van der Waals surface area (Å²) in [6, 6.07) is 0.310. The van der Waals surface area contributed by atoms with Crippen molar-refractivity contribution in [2.45, 2.75) is 62.9 Å². The Morgan fingerprint density at radius 3 is 2.57 bits per heavy atom. The van der Waals surface area contributed by atoms with Crippen LogP contribution in [0.25, 0.3) is 0 Å². The number of carbonyl (C=O) groups is 1. The van der Waals surface area contributed by atoms with Crippen LogP contribution in [0.4, 0.5) is 0 Å². The van der Waals surface area contributed by atoms with Gasteiger partial charge in [-0.1, -0.05) is 6.42 Å². The zero-order valence-corrected chi connectivity index (χ0v) is 19.4. The van der Waals surface area contributed by atoms with Crippen LogP contribution in [0.15, 0.2) is 4.99 Å². The van der Waals surface area contributed by atoms with Crippen molar-refractivity contribution in [2.24, 2.45) is 4.99 Å². The summed E-state index contributed by atoms with van der Waals surface area (Å²) in [7, 11) is 3.48. The van der Waals surface area contributed by atoms with Crippen LogP contribution in [0.1, 0.15) is 44.9 Å². The lowest BCUT2D eigenvalue weighted by molar-refractivity contribution is -0.186. The summed E-state index contributed by atoms with van der Waals surface area (Å²) in [4.78, 5) is 17.9. The fraction of sp³-hybridized carbons (Fsp3) is 0.895. The Morgan fingerprint density at radius 1 is 1.18 bits per heavy atom. The van der Waals surface area contributed by atoms with E-state index in [1.165, 1.54) is 19.3 Å². The molecule has 2 N–H and O–H groups in total. The molecule has 1 saturated carbocycles. The molecule has 1 spiro atoms. The minimum Gasteiger partial charge on any atom is -0.381 e. The van der Waals surface area contributed by atoms with E-state index in [9.17, 15) is 4.79 Å². The molecule has 0 aromatic carbocycles. The number of ether oxygens (including phenoxy) is 3. The third kappa shape index (κ3) is 7.00. The molecule has 0 aromatic rings. The van der Waals surface area contributed by atoms with Gasteiger partial charge < -0.3 is 29.7 Å². The first-order valence-corrected chi connectivity index (χ1v) is 10.2. The van der Waals surface area contributed by atoms with Gasteiger partial charge in [0.2, 0.25) is 5.91 Å². The minimum atomic E-state index is -0.364. The number of nitrogens with zero attached hydrogens (tertiary/aromatic N) is 2. The van der Waals surface area contributed by atoms with E-state index >= 15 is 0 Å². The summed E-state index contributed by atoms with van der Waals surface area (Å²) in [5.41, 5.74) is 0. The maximum atomic E-state index is 11.9. The molecule has 1 unspecified atom stereocenters. The van der Waals surface area contributed by atoms with Crippen molar-refractivity contribution in [1.82, 2.24) is 15.5 Å². The third-order valence-corrected chi connectivity index (χ3v) is 5.46. The van der Waals surface area contributed by atoms with E-state index in [4.69, 9.17) is 14.2 Å². The number of carbonyl (C=O) groups excluding carboxylic acids is 1. The van der Waals surface area contributed by atoms with Gasteiger partial charge in [-0.15, -0.1) is 24.0 Å². The van der Waals surface area contributed by atoms with Gasteiger partial charge in [-0.3, -0.25) is 4.79 Å². The molecule has 28 heavy (non-hydrogen) atoms. The smallest absolute Gasteiger partial charge is 0.243 e. The Morgan fingerprint density at radius 2 is 1.89 bits per heavy atom. The number of amides is 1. The van der Waals surface area contributed by atoms with E-state index in [2.05, 4.69) is 15.6 Å². The van der Waals surface area contributed by atoms with Crippen LogP contribution in [-0.2, 0) is 19.0 Å². The molecule has 162 valence electrons. The van der Waals surface area contributed by atoms with Gasteiger partial charge in [-0.05, 0) is 25.7 Å². The number of rotatable bonds is 5. The van der Waals surface area contributed by atoms with Crippen molar-refractivity contribution in [2.75, 3.05) is 47.0 Å². The zero-order chi connectivity index (χ0) is 19.1. The van der Waals surface area contributed by atoms with E-state index in [0.717, 1.165) is 38.9 Å². The predicted molar refractivity (Wildman–Crippen MR) is 118 cm³/mol. The monoisotopic (exact) mass is 510 g/mol. The third-order valence-electron chi connectivity index (χ3n) is 5.46. The van der Waals surface area contributed by atoms with E-state index in [1.807, 2.05) is 0 Å². The summed E-state index contributed by atoms with van der Waals surface area (Å²) in [6.07, 6.45) is 7.47. The predicted octanol–water partition coefficient (Wildman–Crippen LogP) is 1.48. The molecule has 2 heterocycles. The fourth-order valence-electron chi connectivity index (χ4n) is 3.76. The molecule has 0 aromatic heterocycles. The van der Waals surface area contributed by atoms with Gasteiger partial charge in [0, 0.05) is 52.7 Å². The average molecular weight is 510 g/mol. The molecule has 8 nitrogen and oxygen atoms in total. The lowest BCUT2D eigenvalue weighted by atomic mass is 9.94. The van der Waals surface area contributed by atoms with Crippen LogP contribution in [-0.4, -0.2) is 81.7 Å². The number of nitrogens with one attached hydrogen (secondary N) is 2. The van der Waals surface area contributed by atoms with Crippen LogP contribution in [0.3, 0.4) is 0 Å². The van der Waals surface area contributed by atoms with Gasteiger partial charge in [-0.2, -0.15) is 0 Å². The maximum Gasteiger partial charge on any atom is 0.243 e. The molecule has 2 aliphatic heterocycles. The maximum absolute atomic E-state index is 11.9. The number of hydrogen-bond donors (Lipinski definition) is 2. The quantitative estimate of drug-likeness (QED) is 0.331. The Bertz CT molecular complexity index is 520. The van der Waals surface area contributed by atoms with Crippen molar-refractivity contribution in [1.29, 1.82) is 0 Å². The molecule has 2 saturated heterocycles. The standard InChI is InChI=1S/C19H34N4O4.HI/c1-23(2)17(24)13-21-18(22-15-6-10-25-11-7-15)20-12-16-14-26-19(27-16)8-4-3-5-9-19;/h15-16H,3-14H2,1-2H3,(H2,20,21,22);1H. The van der Waals surface area contributed by atoms with Crippen molar-refractivity contribution in [3.05, 3.63) is 0 Å². The molecular weight excluding hydrogens is 475 g/mol. The SMILES string of the molecule is CN(C)C(=O)CN=C(NCC1COC2(CCCCC2)O1)NC1CCOCC1.I. The topological polar surface area (TPSA) is 84.4 Å². The van der Waals surface area contributed by atoms with Crippen molar-refractivity contribution in [3.63, 3.8) is 0 Å². The average Bonchev–Trinajstić information content (AvgIpc) is 3.07. The van der Waals surface area contributed by atoms with E-state index in [-0.39, 0.29) is 48.3 Å². The van der Waals surface area contributed by atoms with Gasteiger partial charge in [0.25, 0.3) is 0 Å². The molecule has 3 fully saturated rings. The number of guanidine groups is 1. The lowest BCUT2D eigenvalue weighted by Gasteiger charge is -2.31. The summed E-state index contributed by atoms with van der Waals surface area (Å²) in [5, 5.41) is 6.78. The largest absolute Gasteiger partial charge is 0.381 e. The van der Waals surface area contributed by atoms with E-state index in [0.29, 0.717) is 25.2 Å². The summed E-state index contributed by atoms with van der Waals surface area (Å²) in [5.74, 6) is 0.270. The highest BCUT2D eigenvalue weighted by molar-refractivity contribution is 14.0. The van der Waals surface area contributed by atoms with Gasteiger partial charge in [-0.25, -0.2) is 4.99 Å². The van der Waals surface area contributed by atoms with E-state index < -0.39 is 0 Å². The number of aliphatic imine (C=N–C) groups is 1. The number of likely N-dealkylation sites (N-methyl/N-ethyl adjacent to an activating group) is 1. The van der Waals surface area contributed by atoms with Crippen LogP contribution in [0.5, 0.6) is 0 Å². The summed E-state index contributed by atoms with van der Waals surface area (Å²) < 4.78 is 17.7. The van der Waals surface area contributed by atoms with Crippen molar-refractivity contribution < 1.29 is 19.0 Å². The zero-order valence-electron chi connectivity index (χ0n) is 17.1. The van der Waals surface area contributed by atoms with Crippen LogP contribution < -0.4 is 10.6 Å². The normalized spacial score (nSPS) is 25.2. The Hall–Kier alpha value is -0.650. The molecule has 3 rings (SSSR count). The van der Waals surface area contributed by atoms with Crippen LogP contribution in [0.2, 0.25) is 0 Å². The molecular formula is C19H35IN4O4. The summed E-state index contributed by atoms with van der Waals surface area (Å²) >= 11 is 0. The second kappa shape index (κ2) is 11.5. The Labute approximate surface area is 185 Å². The van der Waals surface area contributed by atoms with Crippen LogP contribution in [0, 0.1) is 0 Å². The van der Waals surface area contributed by atoms with Gasteiger partial charge >= 0.3 is 0 Å². The second-order valence-electron chi connectivity index (χ2n) is 7.89. The second-order valence-corrected chi connectivity index (χ2v) is 7.89. The molecule has 1 aliphatic carbocycles.